The molecule has 1 aromatic rings. The van der Waals surface area contributed by atoms with Crippen LogP contribution < -0.4 is 5.32 Å². The molecular formula is C12H19NO4. The molecule has 1 aromatic heterocycles. The molecule has 0 aliphatic rings. The van der Waals surface area contributed by atoms with Gasteiger partial charge in [0.2, 0.25) is 0 Å². The number of aliphatic hydroxyl groups is 1. The van der Waals surface area contributed by atoms with Gasteiger partial charge in [0, 0.05) is 6.04 Å². The molecule has 1 heterocycles. The summed E-state index contributed by atoms with van der Waals surface area (Å²) < 4.78 is 9.79. The monoisotopic (exact) mass is 241 g/mol. The summed E-state index contributed by atoms with van der Waals surface area (Å²) in [4.78, 5) is 11.2. The molecule has 1 rings (SSSR count). The van der Waals surface area contributed by atoms with Crippen LogP contribution in [-0.4, -0.2) is 30.8 Å². The van der Waals surface area contributed by atoms with Crippen LogP contribution in [-0.2, 0) is 11.3 Å². The van der Waals surface area contributed by atoms with Gasteiger partial charge >= 0.3 is 5.97 Å². The van der Waals surface area contributed by atoms with E-state index in [4.69, 9.17) is 9.52 Å². The summed E-state index contributed by atoms with van der Waals surface area (Å²) in [5.74, 6) is 0.558. The Balaban J connectivity index is 2.52. The minimum absolute atomic E-state index is 0.0154. The van der Waals surface area contributed by atoms with Crippen molar-refractivity contribution in [3.05, 3.63) is 23.7 Å². The van der Waals surface area contributed by atoms with Crippen molar-refractivity contribution in [2.75, 3.05) is 13.7 Å². The van der Waals surface area contributed by atoms with E-state index in [-0.39, 0.29) is 12.6 Å². The number of carbonyl (C=O) groups excluding carboxylic acids is 1. The van der Waals surface area contributed by atoms with E-state index in [1.165, 1.54) is 13.4 Å². The molecule has 0 unspecified atom stereocenters. The van der Waals surface area contributed by atoms with Crippen molar-refractivity contribution in [1.29, 1.82) is 0 Å². The van der Waals surface area contributed by atoms with Gasteiger partial charge in [-0.3, -0.25) is 0 Å². The van der Waals surface area contributed by atoms with Gasteiger partial charge in [-0.25, -0.2) is 4.79 Å². The molecule has 0 aliphatic heterocycles. The zero-order chi connectivity index (χ0) is 12.8. The van der Waals surface area contributed by atoms with Crippen LogP contribution in [0.3, 0.4) is 0 Å². The number of ether oxygens (including phenoxy) is 1. The number of aliphatic hydroxyl groups excluding tert-OH is 1. The van der Waals surface area contributed by atoms with Gasteiger partial charge < -0.3 is 19.6 Å². The minimum Gasteiger partial charge on any atom is -0.467 e. The summed E-state index contributed by atoms with van der Waals surface area (Å²) in [6.07, 6.45) is 1.37. The summed E-state index contributed by atoms with van der Waals surface area (Å²) >= 11 is 0. The van der Waals surface area contributed by atoms with E-state index in [2.05, 4.69) is 10.1 Å². The third kappa shape index (κ3) is 3.87. The molecule has 0 saturated heterocycles. The highest BCUT2D eigenvalue weighted by Crippen LogP contribution is 2.10. The Bertz CT molecular complexity index is 359. The van der Waals surface area contributed by atoms with E-state index in [1.54, 1.807) is 6.07 Å². The van der Waals surface area contributed by atoms with Gasteiger partial charge in [-0.15, -0.1) is 0 Å². The standard InChI is InChI=1S/C12H19NO4/c1-8(2)11(6-14)13-5-10-4-9(7-17-10)12(15)16-3/h4,7-8,11,13-14H,5-6H2,1-3H3/t11-/m1/s1. The molecule has 5 nitrogen and oxygen atoms in total. The molecule has 0 radical (unpaired) electrons. The highest BCUT2D eigenvalue weighted by molar-refractivity contribution is 5.88. The molecule has 0 fully saturated rings. The van der Waals surface area contributed by atoms with E-state index in [9.17, 15) is 4.79 Å². The van der Waals surface area contributed by atoms with Crippen molar-refractivity contribution in [2.45, 2.75) is 26.4 Å². The molecule has 0 aromatic carbocycles. The van der Waals surface area contributed by atoms with Gasteiger partial charge in [0.1, 0.15) is 12.0 Å². The molecule has 17 heavy (non-hydrogen) atoms. The Morgan fingerprint density at radius 2 is 2.29 bits per heavy atom. The smallest absolute Gasteiger partial charge is 0.341 e. The van der Waals surface area contributed by atoms with Crippen molar-refractivity contribution < 1.29 is 19.1 Å². The maximum Gasteiger partial charge on any atom is 0.341 e. The van der Waals surface area contributed by atoms with E-state index in [0.29, 0.717) is 23.8 Å². The van der Waals surface area contributed by atoms with Crippen LogP contribution in [0.5, 0.6) is 0 Å². The summed E-state index contributed by atoms with van der Waals surface area (Å²) in [5.41, 5.74) is 0.398. The third-order valence-electron chi connectivity index (χ3n) is 2.61. The number of carbonyl (C=O) groups is 1. The van der Waals surface area contributed by atoms with Crippen molar-refractivity contribution in [3.8, 4) is 0 Å². The lowest BCUT2D eigenvalue weighted by Gasteiger charge is -2.18. The lowest BCUT2D eigenvalue weighted by Crippen LogP contribution is -2.36. The number of methoxy groups -OCH3 is 1. The Labute approximate surface area is 101 Å². The van der Waals surface area contributed by atoms with E-state index >= 15 is 0 Å². The fraction of sp³-hybridized carbons (Fsp3) is 0.583. The first-order valence-electron chi connectivity index (χ1n) is 5.58. The Hall–Kier alpha value is -1.33. The second kappa shape index (κ2) is 6.42. The van der Waals surface area contributed by atoms with Crippen molar-refractivity contribution in [2.24, 2.45) is 5.92 Å². The maximum atomic E-state index is 11.2. The Kier molecular flexibility index (Phi) is 5.18. The number of furan rings is 1. The maximum absolute atomic E-state index is 11.2. The molecule has 0 saturated carbocycles. The largest absolute Gasteiger partial charge is 0.467 e. The molecule has 0 spiro atoms. The molecular weight excluding hydrogens is 222 g/mol. The third-order valence-corrected chi connectivity index (χ3v) is 2.61. The Morgan fingerprint density at radius 3 is 2.82 bits per heavy atom. The second-order valence-corrected chi connectivity index (χ2v) is 4.21. The second-order valence-electron chi connectivity index (χ2n) is 4.21. The number of hydrogen-bond donors (Lipinski definition) is 2. The van der Waals surface area contributed by atoms with Crippen LogP contribution >= 0.6 is 0 Å². The Morgan fingerprint density at radius 1 is 1.59 bits per heavy atom. The van der Waals surface area contributed by atoms with Gasteiger partial charge in [0.25, 0.3) is 0 Å². The van der Waals surface area contributed by atoms with Crippen molar-refractivity contribution in [1.82, 2.24) is 5.32 Å². The van der Waals surface area contributed by atoms with E-state index in [0.717, 1.165) is 0 Å². The van der Waals surface area contributed by atoms with Gasteiger partial charge in [-0.1, -0.05) is 13.8 Å². The normalized spacial score (nSPS) is 12.8. The number of hydrogen-bond acceptors (Lipinski definition) is 5. The number of nitrogens with one attached hydrogen (secondary N) is 1. The van der Waals surface area contributed by atoms with Crippen LogP contribution in [0.4, 0.5) is 0 Å². The zero-order valence-electron chi connectivity index (χ0n) is 10.4. The predicted molar refractivity (Wildman–Crippen MR) is 62.6 cm³/mol. The molecule has 2 N–H and O–H groups in total. The summed E-state index contributed by atoms with van der Waals surface area (Å²) in [7, 11) is 1.33. The topological polar surface area (TPSA) is 71.7 Å². The number of rotatable bonds is 6. The molecule has 0 amide bonds. The zero-order valence-corrected chi connectivity index (χ0v) is 10.4. The fourth-order valence-corrected chi connectivity index (χ4v) is 1.44. The van der Waals surface area contributed by atoms with Gasteiger partial charge in [-0.05, 0) is 12.0 Å². The van der Waals surface area contributed by atoms with Crippen LogP contribution in [0.15, 0.2) is 16.7 Å². The van der Waals surface area contributed by atoms with E-state index in [1.807, 2.05) is 13.8 Å². The first-order valence-corrected chi connectivity index (χ1v) is 5.58. The molecule has 5 heteroatoms. The van der Waals surface area contributed by atoms with Gasteiger partial charge in [0.05, 0.1) is 25.8 Å². The SMILES string of the molecule is COC(=O)c1coc(CN[C@H](CO)C(C)C)c1. The summed E-state index contributed by atoms with van der Waals surface area (Å²) in [6, 6.07) is 1.65. The highest BCUT2D eigenvalue weighted by atomic mass is 16.5. The summed E-state index contributed by atoms with van der Waals surface area (Å²) in [5, 5.41) is 12.3. The van der Waals surface area contributed by atoms with E-state index < -0.39 is 5.97 Å². The van der Waals surface area contributed by atoms with Crippen molar-refractivity contribution >= 4 is 5.97 Å². The minimum atomic E-state index is -0.414. The van der Waals surface area contributed by atoms with Crippen LogP contribution in [0, 0.1) is 5.92 Å². The quantitative estimate of drug-likeness (QED) is 0.731. The fourth-order valence-electron chi connectivity index (χ4n) is 1.44. The average Bonchev–Trinajstić information content (AvgIpc) is 2.77. The summed E-state index contributed by atoms with van der Waals surface area (Å²) in [6.45, 7) is 4.59. The van der Waals surface area contributed by atoms with Gasteiger partial charge in [-0.2, -0.15) is 0 Å². The van der Waals surface area contributed by atoms with Crippen LogP contribution in [0.25, 0.3) is 0 Å². The predicted octanol–water partition coefficient (Wildman–Crippen LogP) is 1.17. The van der Waals surface area contributed by atoms with Crippen molar-refractivity contribution in [3.63, 3.8) is 0 Å². The molecule has 0 bridgehead atoms. The lowest BCUT2D eigenvalue weighted by atomic mass is 10.1. The number of esters is 1. The first kappa shape index (κ1) is 13.7. The lowest BCUT2D eigenvalue weighted by molar-refractivity contribution is 0.0600. The molecule has 1 atom stereocenters. The van der Waals surface area contributed by atoms with Crippen LogP contribution in [0.2, 0.25) is 0 Å². The highest BCUT2D eigenvalue weighted by Gasteiger charge is 2.14. The molecule has 96 valence electrons. The molecule has 0 aliphatic carbocycles. The van der Waals surface area contributed by atoms with Gasteiger partial charge in [0.15, 0.2) is 0 Å². The first-order chi connectivity index (χ1) is 8.08. The average molecular weight is 241 g/mol. The van der Waals surface area contributed by atoms with Crippen LogP contribution in [0.1, 0.15) is 30.0 Å².